The number of carbonyl (C=O) groups is 1. The number of ether oxygens (including phenoxy) is 1. The number of hydrogen-bond donors (Lipinski definition) is 1. The lowest BCUT2D eigenvalue weighted by atomic mass is 10.1. The van der Waals surface area contributed by atoms with Gasteiger partial charge in [0.1, 0.15) is 6.04 Å². The Morgan fingerprint density at radius 2 is 2.54 bits per heavy atom. The molecule has 0 aliphatic rings. The molecule has 0 aliphatic heterocycles. The minimum atomic E-state index is -0.493. The van der Waals surface area contributed by atoms with Gasteiger partial charge in [0.15, 0.2) is 0 Å². The smallest absolute Gasteiger partial charge is 0.322 e. The van der Waals surface area contributed by atoms with Crippen LogP contribution in [0.15, 0.2) is 17.5 Å². The van der Waals surface area contributed by atoms with E-state index in [1.165, 1.54) is 12.0 Å². The standard InChI is InChI=1S/C9H13NO2S/c1-12-9(11)8(10)5-4-7-3-2-6-13-7/h2-3,6,8H,4-5,10H2,1H3. The Balaban J connectivity index is 2.30. The van der Waals surface area contributed by atoms with Crippen LogP contribution in [0.25, 0.3) is 0 Å². The molecule has 1 atom stereocenters. The summed E-state index contributed by atoms with van der Waals surface area (Å²) in [7, 11) is 1.35. The maximum Gasteiger partial charge on any atom is 0.322 e. The largest absolute Gasteiger partial charge is 0.468 e. The normalized spacial score (nSPS) is 12.5. The fraction of sp³-hybridized carbons (Fsp3) is 0.444. The van der Waals surface area contributed by atoms with Crippen LogP contribution in [0.4, 0.5) is 0 Å². The number of methoxy groups -OCH3 is 1. The van der Waals surface area contributed by atoms with Crippen molar-refractivity contribution in [2.75, 3.05) is 7.11 Å². The van der Waals surface area contributed by atoms with Crippen LogP contribution in [-0.4, -0.2) is 19.1 Å². The number of thiophene rings is 1. The molecule has 0 saturated heterocycles. The van der Waals surface area contributed by atoms with Gasteiger partial charge < -0.3 is 10.5 Å². The summed E-state index contributed by atoms with van der Waals surface area (Å²) in [5.74, 6) is -0.337. The van der Waals surface area contributed by atoms with Crippen molar-refractivity contribution < 1.29 is 9.53 Å². The van der Waals surface area contributed by atoms with E-state index in [0.717, 1.165) is 6.42 Å². The van der Waals surface area contributed by atoms with Crippen LogP contribution < -0.4 is 5.73 Å². The predicted octanol–water partition coefficient (Wildman–Crippen LogP) is 1.18. The lowest BCUT2D eigenvalue weighted by Gasteiger charge is -2.07. The SMILES string of the molecule is COC(=O)C(N)CCc1cccs1. The topological polar surface area (TPSA) is 52.3 Å². The van der Waals surface area contributed by atoms with Crippen LogP contribution in [0.1, 0.15) is 11.3 Å². The van der Waals surface area contributed by atoms with Gasteiger partial charge in [0.2, 0.25) is 0 Å². The fourth-order valence-corrected chi connectivity index (χ4v) is 1.75. The highest BCUT2D eigenvalue weighted by atomic mass is 32.1. The zero-order chi connectivity index (χ0) is 9.68. The first-order valence-electron chi connectivity index (χ1n) is 4.10. The summed E-state index contributed by atoms with van der Waals surface area (Å²) in [4.78, 5) is 12.2. The molecule has 0 bridgehead atoms. The molecule has 0 fully saturated rings. The highest BCUT2D eigenvalue weighted by Gasteiger charge is 2.13. The average Bonchev–Trinajstić information content (AvgIpc) is 2.65. The van der Waals surface area contributed by atoms with Gasteiger partial charge in [-0.05, 0) is 24.3 Å². The van der Waals surface area contributed by atoms with E-state index in [-0.39, 0.29) is 5.97 Å². The van der Waals surface area contributed by atoms with E-state index in [1.807, 2.05) is 17.5 Å². The van der Waals surface area contributed by atoms with E-state index in [0.29, 0.717) is 6.42 Å². The molecule has 0 amide bonds. The molecule has 0 saturated carbocycles. The summed E-state index contributed by atoms with van der Waals surface area (Å²) in [6, 6.07) is 3.53. The van der Waals surface area contributed by atoms with Gasteiger partial charge in [-0.25, -0.2) is 0 Å². The fourth-order valence-electron chi connectivity index (χ4n) is 1.02. The second-order valence-electron chi connectivity index (χ2n) is 2.75. The second kappa shape index (κ2) is 4.99. The first-order valence-corrected chi connectivity index (χ1v) is 4.98. The van der Waals surface area contributed by atoms with E-state index in [1.54, 1.807) is 11.3 Å². The van der Waals surface area contributed by atoms with Gasteiger partial charge in [0, 0.05) is 4.88 Å². The first kappa shape index (κ1) is 10.2. The molecule has 3 nitrogen and oxygen atoms in total. The molecule has 13 heavy (non-hydrogen) atoms. The summed E-state index contributed by atoms with van der Waals surface area (Å²) >= 11 is 1.68. The molecule has 1 unspecified atom stereocenters. The highest BCUT2D eigenvalue weighted by molar-refractivity contribution is 7.09. The van der Waals surface area contributed by atoms with Crippen molar-refractivity contribution in [2.45, 2.75) is 18.9 Å². The van der Waals surface area contributed by atoms with Crippen LogP contribution in [0.5, 0.6) is 0 Å². The lowest BCUT2D eigenvalue weighted by molar-refractivity contribution is -0.142. The molecule has 1 aromatic heterocycles. The number of rotatable bonds is 4. The van der Waals surface area contributed by atoms with Crippen molar-refractivity contribution in [2.24, 2.45) is 5.73 Å². The van der Waals surface area contributed by atoms with Crippen LogP contribution >= 0.6 is 11.3 Å². The predicted molar refractivity (Wildman–Crippen MR) is 52.6 cm³/mol. The van der Waals surface area contributed by atoms with E-state index in [4.69, 9.17) is 5.73 Å². The van der Waals surface area contributed by atoms with Crippen molar-refractivity contribution >= 4 is 17.3 Å². The van der Waals surface area contributed by atoms with Gasteiger partial charge in [-0.2, -0.15) is 0 Å². The Hall–Kier alpha value is -0.870. The Morgan fingerprint density at radius 3 is 3.08 bits per heavy atom. The van der Waals surface area contributed by atoms with Crippen LogP contribution in [-0.2, 0) is 16.0 Å². The lowest BCUT2D eigenvalue weighted by Crippen LogP contribution is -2.31. The maximum atomic E-state index is 10.9. The summed E-state index contributed by atoms with van der Waals surface area (Å²) in [5, 5.41) is 2.01. The summed E-state index contributed by atoms with van der Waals surface area (Å²) in [5.41, 5.74) is 5.57. The average molecular weight is 199 g/mol. The first-order chi connectivity index (χ1) is 6.24. The Bertz CT molecular complexity index is 259. The van der Waals surface area contributed by atoms with Crippen molar-refractivity contribution in [1.82, 2.24) is 0 Å². The van der Waals surface area contributed by atoms with Gasteiger partial charge in [0.25, 0.3) is 0 Å². The molecule has 0 radical (unpaired) electrons. The van der Waals surface area contributed by atoms with Gasteiger partial charge in [0.05, 0.1) is 7.11 Å². The third-order valence-electron chi connectivity index (χ3n) is 1.79. The quantitative estimate of drug-likeness (QED) is 0.741. The monoisotopic (exact) mass is 199 g/mol. The number of nitrogens with two attached hydrogens (primary N) is 1. The third-order valence-corrected chi connectivity index (χ3v) is 2.72. The van der Waals surface area contributed by atoms with Gasteiger partial charge in [-0.3, -0.25) is 4.79 Å². The highest BCUT2D eigenvalue weighted by Crippen LogP contribution is 2.11. The molecule has 2 N–H and O–H groups in total. The van der Waals surface area contributed by atoms with E-state index in [9.17, 15) is 4.79 Å². The van der Waals surface area contributed by atoms with Crippen molar-refractivity contribution in [1.29, 1.82) is 0 Å². The Morgan fingerprint density at radius 1 is 1.77 bits per heavy atom. The summed E-state index contributed by atoms with van der Waals surface area (Å²) < 4.78 is 4.52. The van der Waals surface area contributed by atoms with Crippen molar-refractivity contribution in [3.8, 4) is 0 Å². The van der Waals surface area contributed by atoms with Crippen LogP contribution in [0, 0.1) is 0 Å². The Kier molecular flexibility index (Phi) is 3.92. The molecule has 0 spiro atoms. The van der Waals surface area contributed by atoms with E-state index < -0.39 is 6.04 Å². The number of hydrogen-bond acceptors (Lipinski definition) is 4. The minimum absolute atomic E-state index is 0.337. The maximum absolute atomic E-state index is 10.9. The molecule has 1 rings (SSSR count). The second-order valence-corrected chi connectivity index (χ2v) is 3.78. The van der Waals surface area contributed by atoms with Crippen molar-refractivity contribution in [3.05, 3.63) is 22.4 Å². The third kappa shape index (κ3) is 3.16. The molecule has 1 aromatic rings. The van der Waals surface area contributed by atoms with E-state index in [2.05, 4.69) is 4.74 Å². The van der Waals surface area contributed by atoms with E-state index >= 15 is 0 Å². The summed E-state index contributed by atoms with van der Waals surface area (Å²) in [6.07, 6.45) is 1.49. The van der Waals surface area contributed by atoms with Crippen molar-refractivity contribution in [3.63, 3.8) is 0 Å². The van der Waals surface area contributed by atoms with Crippen LogP contribution in [0.2, 0.25) is 0 Å². The molecule has 0 aliphatic carbocycles. The van der Waals surface area contributed by atoms with Gasteiger partial charge in [-0.1, -0.05) is 6.07 Å². The minimum Gasteiger partial charge on any atom is -0.468 e. The molecular weight excluding hydrogens is 186 g/mol. The number of carbonyl (C=O) groups excluding carboxylic acids is 1. The molecule has 4 heteroatoms. The number of aryl methyl sites for hydroxylation is 1. The molecule has 0 aromatic carbocycles. The molecule has 1 heterocycles. The molecule has 72 valence electrons. The van der Waals surface area contributed by atoms with Gasteiger partial charge >= 0.3 is 5.97 Å². The summed E-state index contributed by atoms with van der Waals surface area (Å²) in [6.45, 7) is 0. The number of esters is 1. The Labute approximate surface area is 81.5 Å². The zero-order valence-corrected chi connectivity index (χ0v) is 8.34. The van der Waals surface area contributed by atoms with Crippen LogP contribution in [0.3, 0.4) is 0 Å². The zero-order valence-electron chi connectivity index (χ0n) is 7.53. The van der Waals surface area contributed by atoms with Gasteiger partial charge in [-0.15, -0.1) is 11.3 Å². The molecular formula is C9H13NO2S.